The molecule has 0 bridgehead atoms. The van der Waals surface area contributed by atoms with Crippen LogP contribution in [0.4, 0.5) is 0 Å². The maximum Gasteiger partial charge on any atom is 0.344 e. The summed E-state index contributed by atoms with van der Waals surface area (Å²) in [4.78, 5) is 9.44. The quantitative estimate of drug-likeness (QED) is 0.283. The van der Waals surface area contributed by atoms with Crippen LogP contribution in [0.25, 0.3) is 0 Å². The first kappa shape index (κ1) is 5.50. The van der Waals surface area contributed by atoms with Crippen molar-refractivity contribution < 1.29 is 9.66 Å². The highest BCUT2D eigenvalue weighted by Gasteiger charge is 2.58. The first-order valence-electron chi connectivity index (χ1n) is 2.35. The Morgan fingerprint density at radius 2 is 2.12 bits per heavy atom. The number of ether oxygens (including phenoxy) is 1. The first-order chi connectivity index (χ1) is 3.54. The number of nitrogens with zero attached hydrogens (tertiary/aromatic N) is 1. The van der Waals surface area contributed by atoms with Gasteiger partial charge in [0.2, 0.25) is 0 Å². The Balaban J connectivity index is 2.48. The number of rotatable bonds is 1. The maximum atomic E-state index is 9.86. The molecule has 0 saturated carbocycles. The fourth-order valence-electron chi connectivity index (χ4n) is 0.551. The first-order valence-corrected chi connectivity index (χ1v) is 2.35. The van der Waals surface area contributed by atoms with E-state index in [1.807, 2.05) is 0 Å². The molecule has 1 unspecified atom stereocenters. The lowest BCUT2D eigenvalue weighted by Crippen LogP contribution is -2.11. The molecule has 0 radical (unpaired) electrons. The largest absolute Gasteiger partial charge is 0.344 e. The second-order valence-electron chi connectivity index (χ2n) is 2.36. The number of nitro groups is 1. The molecule has 0 aromatic rings. The average Bonchev–Trinajstić information content (AvgIpc) is 2.13. The number of hydrogen-bond donors (Lipinski definition) is 0. The van der Waals surface area contributed by atoms with E-state index in [0.717, 1.165) is 0 Å². The maximum absolute atomic E-state index is 9.86. The molecule has 1 rings (SSSR count). The van der Waals surface area contributed by atoms with Crippen LogP contribution in [0.3, 0.4) is 0 Å². The predicted octanol–water partition coefficient (Wildman–Crippen LogP) is 0.398. The van der Waals surface area contributed by atoms with E-state index in [9.17, 15) is 10.1 Å². The van der Waals surface area contributed by atoms with Gasteiger partial charge in [0.1, 0.15) is 0 Å². The van der Waals surface area contributed by atoms with Crippen LogP contribution in [0.2, 0.25) is 0 Å². The highest BCUT2D eigenvalue weighted by molar-refractivity contribution is 4.86. The lowest BCUT2D eigenvalue weighted by atomic mass is 10.2. The molecule has 1 aliphatic rings. The van der Waals surface area contributed by atoms with Crippen molar-refractivity contribution in [1.29, 1.82) is 0 Å². The van der Waals surface area contributed by atoms with Gasteiger partial charge < -0.3 is 0 Å². The summed E-state index contributed by atoms with van der Waals surface area (Å²) in [7, 11) is 0. The van der Waals surface area contributed by atoms with E-state index >= 15 is 0 Å². The zero-order chi connectivity index (χ0) is 6.36. The van der Waals surface area contributed by atoms with Gasteiger partial charge in [0.25, 0.3) is 0 Å². The molecule has 0 spiro atoms. The Hall–Kier alpha value is -0.640. The van der Waals surface area contributed by atoms with E-state index in [-0.39, 0.29) is 0 Å². The number of epoxide rings is 1. The van der Waals surface area contributed by atoms with Gasteiger partial charge in [-0.05, 0) is 13.8 Å². The Bertz CT molecular complexity index is 131. The van der Waals surface area contributed by atoms with Gasteiger partial charge in [0.05, 0.1) is 4.92 Å². The van der Waals surface area contributed by atoms with Gasteiger partial charge in [-0.3, -0.25) is 14.9 Å². The second-order valence-corrected chi connectivity index (χ2v) is 2.36. The lowest BCUT2D eigenvalue weighted by molar-refractivity contribution is -0.517. The van der Waals surface area contributed by atoms with Gasteiger partial charge in [-0.25, -0.2) is 0 Å². The molecule has 0 aromatic heterocycles. The summed E-state index contributed by atoms with van der Waals surface area (Å²) in [5, 5.41) is 9.86. The third-order valence-corrected chi connectivity index (χ3v) is 1.14. The molecule has 0 aromatic carbocycles. The van der Waals surface area contributed by atoms with Gasteiger partial charge >= 0.3 is 6.23 Å². The average molecular weight is 117 g/mol. The predicted molar refractivity (Wildman–Crippen MR) is 25.9 cm³/mol. The van der Waals surface area contributed by atoms with E-state index < -0.39 is 16.8 Å². The molecule has 1 saturated heterocycles. The summed E-state index contributed by atoms with van der Waals surface area (Å²) in [5.74, 6) is 0. The third kappa shape index (κ3) is 0.667. The van der Waals surface area contributed by atoms with Crippen LogP contribution in [0.1, 0.15) is 13.8 Å². The zero-order valence-corrected chi connectivity index (χ0v) is 4.75. The Morgan fingerprint density at radius 3 is 2.12 bits per heavy atom. The fourth-order valence-corrected chi connectivity index (χ4v) is 0.551. The second kappa shape index (κ2) is 1.20. The molecular formula is C4H7NO3. The molecule has 46 valence electrons. The van der Waals surface area contributed by atoms with Crippen LogP contribution in [-0.2, 0) is 4.74 Å². The molecule has 1 atom stereocenters. The summed E-state index contributed by atoms with van der Waals surface area (Å²) in [5.41, 5.74) is -0.510. The van der Waals surface area contributed by atoms with E-state index in [1.54, 1.807) is 13.8 Å². The van der Waals surface area contributed by atoms with Crippen LogP contribution in [0.5, 0.6) is 0 Å². The van der Waals surface area contributed by atoms with Gasteiger partial charge in [-0.15, -0.1) is 0 Å². The van der Waals surface area contributed by atoms with Gasteiger partial charge in [-0.1, -0.05) is 0 Å². The summed E-state index contributed by atoms with van der Waals surface area (Å²) in [6.07, 6.45) is -0.762. The molecule has 4 heteroatoms. The van der Waals surface area contributed by atoms with Crippen molar-refractivity contribution in [2.24, 2.45) is 0 Å². The van der Waals surface area contributed by atoms with Crippen molar-refractivity contribution >= 4 is 0 Å². The van der Waals surface area contributed by atoms with Crippen LogP contribution in [0.15, 0.2) is 0 Å². The van der Waals surface area contributed by atoms with Crippen LogP contribution < -0.4 is 0 Å². The van der Waals surface area contributed by atoms with Crippen molar-refractivity contribution in [3.05, 3.63) is 10.1 Å². The summed E-state index contributed by atoms with van der Waals surface area (Å²) >= 11 is 0. The van der Waals surface area contributed by atoms with Crippen LogP contribution in [-0.4, -0.2) is 16.8 Å². The minimum atomic E-state index is -0.762. The van der Waals surface area contributed by atoms with Crippen molar-refractivity contribution in [3.8, 4) is 0 Å². The van der Waals surface area contributed by atoms with Crippen LogP contribution >= 0.6 is 0 Å². The summed E-state index contributed by atoms with van der Waals surface area (Å²) < 4.78 is 4.67. The minimum absolute atomic E-state index is 0.417. The van der Waals surface area contributed by atoms with E-state index in [4.69, 9.17) is 0 Å². The summed E-state index contributed by atoms with van der Waals surface area (Å²) in [6, 6.07) is 0. The van der Waals surface area contributed by atoms with Gasteiger partial charge in [0, 0.05) is 0 Å². The van der Waals surface area contributed by atoms with Gasteiger partial charge in [-0.2, -0.15) is 0 Å². The lowest BCUT2D eigenvalue weighted by Gasteiger charge is -1.84. The molecule has 1 heterocycles. The molecule has 0 aliphatic carbocycles. The van der Waals surface area contributed by atoms with E-state index in [1.165, 1.54) is 0 Å². The number of hydrogen-bond acceptors (Lipinski definition) is 3. The SMILES string of the molecule is CC1(C)OC1[N+](=O)[O-]. The normalized spacial score (nSPS) is 32.0. The Kier molecular flexibility index (Phi) is 0.822. The zero-order valence-electron chi connectivity index (χ0n) is 4.75. The van der Waals surface area contributed by atoms with Gasteiger partial charge in [0.15, 0.2) is 5.60 Å². The smallest absolute Gasteiger partial charge is 0.299 e. The van der Waals surface area contributed by atoms with Crippen LogP contribution in [0, 0.1) is 10.1 Å². The fraction of sp³-hybridized carbons (Fsp3) is 1.00. The topological polar surface area (TPSA) is 55.7 Å². The minimum Gasteiger partial charge on any atom is -0.299 e. The Labute approximate surface area is 46.6 Å². The molecule has 1 aliphatic heterocycles. The molecule has 4 nitrogen and oxygen atoms in total. The van der Waals surface area contributed by atoms with E-state index in [2.05, 4.69) is 4.74 Å². The monoisotopic (exact) mass is 117 g/mol. The summed E-state index contributed by atoms with van der Waals surface area (Å²) in [6.45, 7) is 3.39. The van der Waals surface area contributed by atoms with Crippen molar-refractivity contribution in [2.75, 3.05) is 0 Å². The standard InChI is InChI=1S/C4H7NO3/c1-4(2)3(8-4)5(6)7/h3H,1-2H3. The molecule has 8 heavy (non-hydrogen) atoms. The molecule has 1 fully saturated rings. The molecule has 0 N–H and O–H groups in total. The van der Waals surface area contributed by atoms with Crippen molar-refractivity contribution in [2.45, 2.75) is 25.7 Å². The highest BCUT2D eigenvalue weighted by Crippen LogP contribution is 2.34. The van der Waals surface area contributed by atoms with Crippen molar-refractivity contribution in [3.63, 3.8) is 0 Å². The highest BCUT2D eigenvalue weighted by atomic mass is 16.7. The van der Waals surface area contributed by atoms with E-state index in [0.29, 0.717) is 0 Å². The molecule has 0 amide bonds. The third-order valence-electron chi connectivity index (χ3n) is 1.14. The molecular weight excluding hydrogens is 110 g/mol. The van der Waals surface area contributed by atoms with Crippen molar-refractivity contribution in [1.82, 2.24) is 0 Å². The Morgan fingerprint density at radius 1 is 1.75 bits per heavy atom.